The third kappa shape index (κ3) is 5.19. The first-order chi connectivity index (χ1) is 9.80. The standard InChI is InChI=1S/C15H31N5O/c1-7-13(21)20-9-8-12(10-20)18-14(16-4)17-11-15(2,3)19(5)6/h12H,7-11H2,1-6H3,(H2,16,17,18). The SMILES string of the molecule is CCC(=O)N1CCC(NC(=NC)NCC(C)(C)N(C)C)C1. The van der Waals surface area contributed by atoms with Crippen molar-refractivity contribution in [1.29, 1.82) is 0 Å². The smallest absolute Gasteiger partial charge is 0.222 e. The van der Waals surface area contributed by atoms with Crippen LogP contribution in [0.1, 0.15) is 33.6 Å². The van der Waals surface area contributed by atoms with Crippen LogP contribution in [0.25, 0.3) is 0 Å². The Morgan fingerprint density at radius 1 is 1.43 bits per heavy atom. The lowest BCUT2D eigenvalue weighted by Crippen LogP contribution is -2.52. The lowest BCUT2D eigenvalue weighted by atomic mass is 10.0. The minimum Gasteiger partial charge on any atom is -0.355 e. The average Bonchev–Trinajstić information content (AvgIpc) is 2.90. The number of likely N-dealkylation sites (tertiary alicyclic amines) is 1. The molecule has 0 radical (unpaired) electrons. The van der Waals surface area contributed by atoms with Crippen LogP contribution in [0.3, 0.4) is 0 Å². The number of hydrogen-bond donors (Lipinski definition) is 2. The lowest BCUT2D eigenvalue weighted by molar-refractivity contribution is -0.129. The van der Waals surface area contributed by atoms with Gasteiger partial charge < -0.3 is 20.4 Å². The van der Waals surface area contributed by atoms with Crippen molar-refractivity contribution in [1.82, 2.24) is 20.4 Å². The molecule has 0 spiro atoms. The van der Waals surface area contributed by atoms with Crippen LogP contribution >= 0.6 is 0 Å². The molecule has 2 N–H and O–H groups in total. The van der Waals surface area contributed by atoms with Crippen LogP contribution < -0.4 is 10.6 Å². The van der Waals surface area contributed by atoms with Gasteiger partial charge in [-0.3, -0.25) is 9.79 Å². The molecule has 0 bridgehead atoms. The highest BCUT2D eigenvalue weighted by molar-refractivity contribution is 5.80. The Bertz CT molecular complexity index is 378. The van der Waals surface area contributed by atoms with Crippen LogP contribution in [0.4, 0.5) is 0 Å². The third-order valence-corrected chi connectivity index (χ3v) is 4.31. The molecule has 0 aromatic heterocycles. The van der Waals surface area contributed by atoms with Gasteiger partial charge in [0.1, 0.15) is 0 Å². The van der Waals surface area contributed by atoms with E-state index in [-0.39, 0.29) is 17.5 Å². The summed E-state index contributed by atoms with van der Waals surface area (Å²) in [4.78, 5) is 20.1. The maximum Gasteiger partial charge on any atom is 0.222 e. The fraction of sp³-hybridized carbons (Fsp3) is 0.867. The third-order valence-electron chi connectivity index (χ3n) is 4.31. The number of carbonyl (C=O) groups is 1. The molecule has 122 valence electrons. The maximum absolute atomic E-state index is 11.7. The molecule has 1 fully saturated rings. The maximum atomic E-state index is 11.7. The van der Waals surface area contributed by atoms with E-state index in [0.717, 1.165) is 32.0 Å². The molecule has 1 heterocycles. The normalized spacial score (nSPS) is 20.0. The fourth-order valence-corrected chi connectivity index (χ4v) is 2.17. The van der Waals surface area contributed by atoms with E-state index in [1.54, 1.807) is 7.05 Å². The number of nitrogens with zero attached hydrogens (tertiary/aromatic N) is 3. The Morgan fingerprint density at radius 3 is 2.62 bits per heavy atom. The first-order valence-corrected chi connectivity index (χ1v) is 7.72. The van der Waals surface area contributed by atoms with Crippen molar-refractivity contribution in [2.24, 2.45) is 4.99 Å². The topological polar surface area (TPSA) is 60.0 Å². The predicted molar refractivity (Wildman–Crippen MR) is 87.5 cm³/mol. The number of hydrogen-bond acceptors (Lipinski definition) is 3. The number of likely N-dealkylation sites (N-methyl/N-ethyl adjacent to an activating group) is 1. The summed E-state index contributed by atoms with van der Waals surface area (Å²) >= 11 is 0. The Labute approximate surface area is 129 Å². The summed E-state index contributed by atoms with van der Waals surface area (Å²) in [6.45, 7) is 8.70. The Kier molecular flexibility index (Phi) is 6.45. The molecule has 1 amide bonds. The van der Waals surface area contributed by atoms with Gasteiger partial charge in [0.05, 0.1) is 0 Å². The number of nitrogens with one attached hydrogen (secondary N) is 2. The molecule has 1 aliphatic rings. The molecule has 1 atom stereocenters. The second kappa shape index (κ2) is 7.64. The summed E-state index contributed by atoms with van der Waals surface area (Å²) in [5, 5.41) is 6.78. The van der Waals surface area contributed by atoms with Gasteiger partial charge in [-0.2, -0.15) is 0 Å². The molecule has 0 saturated carbocycles. The molecular weight excluding hydrogens is 266 g/mol. The van der Waals surface area contributed by atoms with Crippen molar-refractivity contribution in [2.45, 2.75) is 45.2 Å². The zero-order valence-corrected chi connectivity index (χ0v) is 14.4. The highest BCUT2D eigenvalue weighted by Crippen LogP contribution is 2.11. The van der Waals surface area contributed by atoms with Gasteiger partial charge >= 0.3 is 0 Å². The largest absolute Gasteiger partial charge is 0.355 e. The second-order valence-electron chi connectivity index (χ2n) is 6.46. The van der Waals surface area contributed by atoms with E-state index in [4.69, 9.17) is 0 Å². The number of guanidine groups is 1. The van der Waals surface area contributed by atoms with Crippen LogP contribution in [-0.4, -0.2) is 74.0 Å². The summed E-state index contributed by atoms with van der Waals surface area (Å²) in [6, 6.07) is 0.286. The molecular formula is C15H31N5O. The quantitative estimate of drug-likeness (QED) is 0.573. The van der Waals surface area contributed by atoms with Crippen molar-refractivity contribution in [3.63, 3.8) is 0 Å². The molecule has 0 aromatic rings. The van der Waals surface area contributed by atoms with Crippen molar-refractivity contribution in [3.05, 3.63) is 0 Å². The molecule has 1 rings (SSSR count). The van der Waals surface area contributed by atoms with Crippen molar-refractivity contribution in [3.8, 4) is 0 Å². The van der Waals surface area contributed by atoms with Crippen LogP contribution in [-0.2, 0) is 4.79 Å². The Morgan fingerprint density at radius 2 is 2.10 bits per heavy atom. The summed E-state index contributed by atoms with van der Waals surface area (Å²) in [5.74, 6) is 1.04. The number of rotatable bonds is 5. The Hall–Kier alpha value is -1.30. The van der Waals surface area contributed by atoms with Gasteiger partial charge in [-0.05, 0) is 34.4 Å². The highest BCUT2D eigenvalue weighted by atomic mass is 16.2. The Balaban J connectivity index is 2.44. The van der Waals surface area contributed by atoms with Gasteiger partial charge in [-0.1, -0.05) is 6.92 Å². The van der Waals surface area contributed by atoms with E-state index in [2.05, 4.69) is 48.5 Å². The van der Waals surface area contributed by atoms with Gasteiger partial charge in [0.2, 0.25) is 5.91 Å². The molecule has 0 aromatic carbocycles. The molecule has 21 heavy (non-hydrogen) atoms. The molecule has 6 nitrogen and oxygen atoms in total. The fourth-order valence-electron chi connectivity index (χ4n) is 2.17. The van der Waals surface area contributed by atoms with E-state index in [1.165, 1.54) is 0 Å². The second-order valence-corrected chi connectivity index (χ2v) is 6.46. The minimum atomic E-state index is 0.0531. The molecule has 1 aliphatic heterocycles. The molecule has 1 saturated heterocycles. The van der Waals surface area contributed by atoms with Crippen LogP contribution in [0.15, 0.2) is 4.99 Å². The van der Waals surface area contributed by atoms with E-state index >= 15 is 0 Å². The van der Waals surface area contributed by atoms with Crippen LogP contribution in [0, 0.1) is 0 Å². The summed E-state index contributed by atoms with van der Waals surface area (Å²) in [5.41, 5.74) is 0.0531. The number of carbonyl (C=O) groups excluding carboxylic acids is 1. The monoisotopic (exact) mass is 297 g/mol. The highest BCUT2D eigenvalue weighted by Gasteiger charge is 2.26. The zero-order valence-electron chi connectivity index (χ0n) is 14.4. The van der Waals surface area contributed by atoms with Crippen molar-refractivity contribution < 1.29 is 4.79 Å². The first-order valence-electron chi connectivity index (χ1n) is 7.72. The van der Waals surface area contributed by atoms with Gasteiger partial charge in [-0.25, -0.2) is 0 Å². The van der Waals surface area contributed by atoms with Crippen LogP contribution in [0.5, 0.6) is 0 Å². The van der Waals surface area contributed by atoms with E-state index in [1.807, 2.05) is 11.8 Å². The van der Waals surface area contributed by atoms with Crippen LogP contribution in [0.2, 0.25) is 0 Å². The minimum absolute atomic E-state index is 0.0531. The summed E-state index contributed by atoms with van der Waals surface area (Å²) in [7, 11) is 5.92. The predicted octanol–water partition coefficient (Wildman–Crippen LogP) is 0.503. The van der Waals surface area contributed by atoms with Crippen molar-refractivity contribution >= 4 is 11.9 Å². The average molecular weight is 297 g/mol. The van der Waals surface area contributed by atoms with Gasteiger partial charge in [0.25, 0.3) is 0 Å². The van der Waals surface area contributed by atoms with Crippen molar-refractivity contribution in [2.75, 3.05) is 40.8 Å². The summed E-state index contributed by atoms with van der Waals surface area (Å²) in [6.07, 6.45) is 1.56. The van der Waals surface area contributed by atoms with E-state index in [9.17, 15) is 4.79 Å². The number of amides is 1. The molecule has 1 unspecified atom stereocenters. The van der Waals surface area contributed by atoms with E-state index < -0.39 is 0 Å². The lowest BCUT2D eigenvalue weighted by Gasteiger charge is -2.33. The summed E-state index contributed by atoms with van der Waals surface area (Å²) < 4.78 is 0. The first kappa shape index (κ1) is 17.8. The van der Waals surface area contributed by atoms with Gasteiger partial charge in [0.15, 0.2) is 5.96 Å². The zero-order chi connectivity index (χ0) is 16.0. The van der Waals surface area contributed by atoms with E-state index in [0.29, 0.717) is 6.42 Å². The van der Waals surface area contributed by atoms with Gasteiger partial charge in [-0.15, -0.1) is 0 Å². The van der Waals surface area contributed by atoms with Gasteiger partial charge in [0, 0.05) is 44.7 Å². The molecule has 6 heteroatoms. The molecule has 0 aliphatic carbocycles. The number of aliphatic imine (C=N–C) groups is 1.